The first-order valence-corrected chi connectivity index (χ1v) is 13.1. The Morgan fingerprint density at radius 1 is 1.11 bits per heavy atom. The van der Waals surface area contributed by atoms with Crippen LogP contribution in [0.1, 0.15) is 63.6 Å². The zero-order valence-corrected chi connectivity index (χ0v) is 21.3. The SMILES string of the molecule is CCc1noc(CCC(=O)N2CCC[C@@](COc3cccc(Cl)c3)(CC(=O)N3CCCCC3)C2)n1. The Bertz CT molecular complexity index is 1010. The minimum absolute atomic E-state index is 0.0403. The average molecular weight is 503 g/mol. The molecule has 0 radical (unpaired) electrons. The van der Waals surface area contributed by atoms with Gasteiger partial charge in [-0.15, -0.1) is 0 Å². The molecule has 35 heavy (non-hydrogen) atoms. The van der Waals surface area contributed by atoms with Gasteiger partial charge in [-0.05, 0) is 50.3 Å². The van der Waals surface area contributed by atoms with Gasteiger partial charge in [0.15, 0.2) is 5.82 Å². The van der Waals surface area contributed by atoms with E-state index in [4.69, 9.17) is 20.9 Å². The zero-order valence-electron chi connectivity index (χ0n) is 20.5. The molecule has 190 valence electrons. The third kappa shape index (κ3) is 6.97. The molecule has 3 heterocycles. The topological polar surface area (TPSA) is 88.8 Å². The molecule has 8 nitrogen and oxygen atoms in total. The third-order valence-electron chi connectivity index (χ3n) is 6.97. The lowest BCUT2D eigenvalue weighted by atomic mass is 9.77. The lowest BCUT2D eigenvalue weighted by Crippen LogP contribution is -2.51. The van der Waals surface area contributed by atoms with Crippen molar-refractivity contribution in [1.29, 1.82) is 0 Å². The molecular formula is C26H35ClN4O4. The van der Waals surface area contributed by atoms with E-state index in [0.29, 0.717) is 67.9 Å². The molecular weight excluding hydrogens is 468 g/mol. The minimum Gasteiger partial charge on any atom is -0.493 e. The molecule has 0 spiro atoms. The van der Waals surface area contributed by atoms with Crippen molar-refractivity contribution >= 4 is 23.4 Å². The molecule has 0 bridgehead atoms. The van der Waals surface area contributed by atoms with Crippen LogP contribution >= 0.6 is 11.6 Å². The van der Waals surface area contributed by atoms with Gasteiger partial charge in [-0.2, -0.15) is 4.98 Å². The van der Waals surface area contributed by atoms with Gasteiger partial charge in [-0.25, -0.2) is 0 Å². The Balaban J connectivity index is 1.44. The van der Waals surface area contributed by atoms with Gasteiger partial charge >= 0.3 is 0 Å². The fourth-order valence-corrected chi connectivity index (χ4v) is 5.19. The molecule has 2 aliphatic heterocycles. The molecule has 1 atom stereocenters. The summed E-state index contributed by atoms with van der Waals surface area (Å²) in [6.07, 6.45) is 6.74. The fraction of sp³-hybridized carbons (Fsp3) is 0.615. The first kappa shape index (κ1) is 25.5. The summed E-state index contributed by atoms with van der Waals surface area (Å²) in [5, 5.41) is 4.51. The summed E-state index contributed by atoms with van der Waals surface area (Å²) < 4.78 is 11.4. The Hall–Kier alpha value is -2.61. The Labute approximate surface area is 211 Å². The second-order valence-electron chi connectivity index (χ2n) is 9.74. The molecule has 9 heteroatoms. The number of hydrogen-bond acceptors (Lipinski definition) is 6. The van der Waals surface area contributed by atoms with Crippen LogP contribution in [-0.2, 0) is 22.4 Å². The summed E-state index contributed by atoms with van der Waals surface area (Å²) >= 11 is 6.14. The molecule has 0 aliphatic carbocycles. The van der Waals surface area contributed by atoms with Crippen molar-refractivity contribution in [1.82, 2.24) is 19.9 Å². The standard InChI is InChI=1S/C26H35ClN4O4/c1-2-22-28-23(35-29-22)10-11-24(32)31-15-7-12-26(18-31,17-25(33)30-13-4-3-5-14-30)19-34-21-9-6-8-20(27)16-21/h6,8-9,16H,2-5,7,10-15,17-19H2,1H3/t26-/m1/s1. The number of nitrogens with zero attached hydrogens (tertiary/aromatic N) is 4. The number of aromatic nitrogens is 2. The summed E-state index contributed by atoms with van der Waals surface area (Å²) in [5.41, 5.74) is -0.440. The maximum atomic E-state index is 13.3. The summed E-state index contributed by atoms with van der Waals surface area (Å²) in [5.74, 6) is 2.01. The van der Waals surface area contributed by atoms with Crippen molar-refractivity contribution < 1.29 is 18.8 Å². The number of benzene rings is 1. The number of likely N-dealkylation sites (tertiary alicyclic amines) is 2. The molecule has 2 aromatic rings. The van der Waals surface area contributed by atoms with Gasteiger partial charge in [0.05, 0.1) is 6.61 Å². The summed E-state index contributed by atoms with van der Waals surface area (Å²) in [6.45, 7) is 5.13. The summed E-state index contributed by atoms with van der Waals surface area (Å²) in [6, 6.07) is 7.30. The van der Waals surface area contributed by atoms with E-state index in [1.54, 1.807) is 12.1 Å². The summed E-state index contributed by atoms with van der Waals surface area (Å²) in [7, 11) is 0. The number of rotatable bonds is 9. The van der Waals surface area contributed by atoms with Crippen molar-refractivity contribution in [2.45, 2.75) is 64.7 Å². The normalized spacial score (nSPS) is 20.6. The molecule has 2 saturated heterocycles. The van der Waals surface area contributed by atoms with Gasteiger partial charge in [-0.1, -0.05) is 29.7 Å². The van der Waals surface area contributed by atoms with E-state index in [9.17, 15) is 9.59 Å². The highest BCUT2D eigenvalue weighted by molar-refractivity contribution is 6.30. The van der Waals surface area contributed by atoms with Crippen LogP contribution in [0.2, 0.25) is 5.02 Å². The molecule has 0 saturated carbocycles. The molecule has 2 fully saturated rings. The smallest absolute Gasteiger partial charge is 0.227 e. The van der Waals surface area contributed by atoms with E-state index in [1.165, 1.54) is 6.42 Å². The van der Waals surface area contributed by atoms with Crippen LogP contribution in [-0.4, -0.2) is 64.5 Å². The van der Waals surface area contributed by atoms with E-state index < -0.39 is 5.41 Å². The van der Waals surface area contributed by atoms with Gasteiger partial charge in [0.2, 0.25) is 17.7 Å². The fourth-order valence-electron chi connectivity index (χ4n) is 5.01. The Kier molecular flexibility index (Phi) is 8.65. The Morgan fingerprint density at radius 2 is 1.91 bits per heavy atom. The molecule has 0 N–H and O–H groups in total. The van der Waals surface area contributed by atoms with Crippen molar-refractivity contribution in [2.75, 3.05) is 32.8 Å². The van der Waals surface area contributed by atoms with Crippen LogP contribution in [0.25, 0.3) is 0 Å². The Morgan fingerprint density at radius 3 is 2.66 bits per heavy atom. The van der Waals surface area contributed by atoms with E-state index in [-0.39, 0.29) is 11.8 Å². The van der Waals surface area contributed by atoms with Crippen LogP contribution < -0.4 is 4.74 Å². The lowest BCUT2D eigenvalue weighted by molar-refractivity contribution is -0.142. The largest absolute Gasteiger partial charge is 0.493 e. The van der Waals surface area contributed by atoms with Crippen molar-refractivity contribution in [3.05, 3.63) is 41.0 Å². The van der Waals surface area contributed by atoms with Crippen molar-refractivity contribution in [3.63, 3.8) is 0 Å². The third-order valence-corrected chi connectivity index (χ3v) is 7.20. The molecule has 2 aliphatic rings. The van der Waals surface area contributed by atoms with E-state index in [1.807, 2.05) is 28.9 Å². The molecule has 2 amide bonds. The monoisotopic (exact) mass is 502 g/mol. The highest BCUT2D eigenvalue weighted by atomic mass is 35.5. The van der Waals surface area contributed by atoms with E-state index in [0.717, 1.165) is 38.8 Å². The number of carbonyl (C=O) groups is 2. The number of piperidine rings is 2. The zero-order chi connectivity index (χ0) is 24.7. The quantitative estimate of drug-likeness (QED) is 0.507. The number of aryl methyl sites for hydroxylation is 2. The number of amides is 2. The predicted molar refractivity (Wildman–Crippen MR) is 132 cm³/mol. The van der Waals surface area contributed by atoms with Gasteiger partial charge in [0, 0.05) is 62.3 Å². The van der Waals surface area contributed by atoms with Crippen LogP contribution in [0.3, 0.4) is 0 Å². The van der Waals surface area contributed by atoms with Crippen molar-refractivity contribution in [3.8, 4) is 5.75 Å². The number of ether oxygens (including phenoxy) is 1. The van der Waals surface area contributed by atoms with Crippen LogP contribution in [0.5, 0.6) is 5.75 Å². The molecule has 1 aromatic heterocycles. The van der Waals surface area contributed by atoms with Crippen LogP contribution in [0.4, 0.5) is 0 Å². The number of carbonyl (C=O) groups excluding carboxylic acids is 2. The first-order valence-electron chi connectivity index (χ1n) is 12.7. The number of hydrogen-bond donors (Lipinski definition) is 0. The lowest BCUT2D eigenvalue weighted by Gasteiger charge is -2.43. The van der Waals surface area contributed by atoms with E-state index in [2.05, 4.69) is 10.1 Å². The minimum atomic E-state index is -0.440. The van der Waals surface area contributed by atoms with Gasteiger partial charge in [0.1, 0.15) is 5.75 Å². The highest BCUT2D eigenvalue weighted by Crippen LogP contribution is 2.36. The van der Waals surface area contributed by atoms with E-state index >= 15 is 0 Å². The second-order valence-corrected chi connectivity index (χ2v) is 10.2. The maximum Gasteiger partial charge on any atom is 0.227 e. The molecule has 1 aromatic carbocycles. The second kappa shape index (κ2) is 11.9. The van der Waals surface area contributed by atoms with Gasteiger partial charge in [0.25, 0.3) is 0 Å². The predicted octanol–water partition coefficient (Wildman–Crippen LogP) is 4.31. The van der Waals surface area contributed by atoms with Gasteiger partial charge < -0.3 is 19.1 Å². The van der Waals surface area contributed by atoms with Crippen LogP contribution in [0.15, 0.2) is 28.8 Å². The molecule has 4 rings (SSSR count). The highest BCUT2D eigenvalue weighted by Gasteiger charge is 2.41. The molecule has 0 unspecified atom stereocenters. The number of halogens is 1. The first-order chi connectivity index (χ1) is 17.0. The van der Waals surface area contributed by atoms with Crippen molar-refractivity contribution in [2.24, 2.45) is 5.41 Å². The maximum absolute atomic E-state index is 13.3. The van der Waals surface area contributed by atoms with Gasteiger partial charge in [-0.3, -0.25) is 9.59 Å². The van der Waals surface area contributed by atoms with Crippen LogP contribution in [0, 0.1) is 5.41 Å². The average Bonchev–Trinajstić information content (AvgIpc) is 3.35. The summed E-state index contributed by atoms with van der Waals surface area (Å²) in [4.78, 5) is 34.6.